The highest BCUT2D eigenvalue weighted by Crippen LogP contribution is 2.14. The molecule has 1 N–H and O–H groups in total. The van der Waals surface area contributed by atoms with Crippen LogP contribution < -0.4 is 10.1 Å². The Morgan fingerprint density at radius 2 is 1.50 bits per heavy atom. The summed E-state index contributed by atoms with van der Waals surface area (Å²) in [6, 6.07) is 24.3. The summed E-state index contributed by atoms with van der Waals surface area (Å²) >= 11 is 0. The van der Waals surface area contributed by atoms with Crippen LogP contribution in [0.3, 0.4) is 0 Å². The van der Waals surface area contributed by atoms with Gasteiger partial charge in [-0.2, -0.15) is 0 Å². The average Bonchev–Trinajstić information content (AvgIpc) is 2.63. The summed E-state index contributed by atoms with van der Waals surface area (Å²) in [7, 11) is 0. The smallest absolute Gasteiger partial charge is 0.119 e. The molecule has 0 spiro atoms. The fourth-order valence-electron chi connectivity index (χ4n) is 2.28. The van der Waals surface area contributed by atoms with Crippen LogP contribution in [0.5, 0.6) is 5.75 Å². The second-order valence-corrected chi connectivity index (χ2v) is 5.34. The largest absolute Gasteiger partial charge is 0.489 e. The van der Waals surface area contributed by atoms with Crippen molar-refractivity contribution in [1.82, 2.24) is 10.3 Å². The van der Waals surface area contributed by atoms with Gasteiger partial charge in [-0.1, -0.05) is 48.5 Å². The average molecular weight is 341 g/mol. The third kappa shape index (κ3) is 5.69. The van der Waals surface area contributed by atoms with Crippen molar-refractivity contribution in [3.8, 4) is 5.75 Å². The van der Waals surface area contributed by atoms with Crippen molar-refractivity contribution in [3.63, 3.8) is 0 Å². The van der Waals surface area contributed by atoms with Crippen LogP contribution in [0.2, 0.25) is 0 Å². The second-order valence-electron chi connectivity index (χ2n) is 5.34. The van der Waals surface area contributed by atoms with Crippen LogP contribution in [-0.2, 0) is 19.7 Å². The van der Waals surface area contributed by atoms with E-state index in [2.05, 4.69) is 34.6 Å². The first kappa shape index (κ1) is 18.0. The Balaban J connectivity index is 0.00000208. The van der Waals surface area contributed by atoms with Crippen molar-refractivity contribution in [2.24, 2.45) is 0 Å². The second kappa shape index (κ2) is 9.71. The molecule has 4 heteroatoms. The van der Waals surface area contributed by atoms with Crippen LogP contribution >= 0.6 is 12.4 Å². The van der Waals surface area contributed by atoms with Crippen molar-refractivity contribution in [2.75, 3.05) is 0 Å². The van der Waals surface area contributed by atoms with Crippen molar-refractivity contribution in [2.45, 2.75) is 19.7 Å². The number of hydrogen-bond acceptors (Lipinski definition) is 3. The Morgan fingerprint density at radius 3 is 2.21 bits per heavy atom. The summed E-state index contributed by atoms with van der Waals surface area (Å²) in [5.74, 6) is 0.891. The predicted molar refractivity (Wildman–Crippen MR) is 99.2 cm³/mol. The number of nitrogens with one attached hydrogen (secondary N) is 1. The summed E-state index contributed by atoms with van der Waals surface area (Å²) in [5.41, 5.74) is 3.46. The lowest BCUT2D eigenvalue weighted by Crippen LogP contribution is -2.13. The maximum absolute atomic E-state index is 5.79. The van der Waals surface area contributed by atoms with E-state index in [1.54, 1.807) is 0 Å². The summed E-state index contributed by atoms with van der Waals surface area (Å²) < 4.78 is 5.79. The predicted octanol–water partition coefficient (Wildman–Crippen LogP) is 4.37. The fraction of sp³-hybridized carbons (Fsp3) is 0.150. The third-order valence-electron chi connectivity index (χ3n) is 3.53. The summed E-state index contributed by atoms with van der Waals surface area (Å²) in [6.07, 6.45) is 1.82. The number of ether oxygens (including phenoxy) is 1. The van der Waals surface area contributed by atoms with Crippen molar-refractivity contribution < 1.29 is 4.74 Å². The Labute approximate surface area is 149 Å². The first-order valence-electron chi connectivity index (χ1n) is 7.76. The lowest BCUT2D eigenvalue weighted by atomic mass is 10.2. The Bertz CT molecular complexity index is 703. The van der Waals surface area contributed by atoms with E-state index in [0.717, 1.165) is 24.5 Å². The maximum Gasteiger partial charge on any atom is 0.119 e. The topological polar surface area (TPSA) is 34.1 Å². The summed E-state index contributed by atoms with van der Waals surface area (Å²) in [4.78, 5) is 4.29. The third-order valence-corrected chi connectivity index (χ3v) is 3.53. The molecule has 0 bridgehead atoms. The van der Waals surface area contributed by atoms with Gasteiger partial charge >= 0.3 is 0 Å². The maximum atomic E-state index is 5.79. The molecular weight excluding hydrogens is 320 g/mol. The van der Waals surface area contributed by atoms with Crippen LogP contribution in [0.15, 0.2) is 79.0 Å². The first-order valence-corrected chi connectivity index (χ1v) is 7.76. The van der Waals surface area contributed by atoms with Gasteiger partial charge in [-0.3, -0.25) is 4.98 Å². The molecule has 0 aliphatic carbocycles. The lowest BCUT2D eigenvalue weighted by Gasteiger charge is -2.08. The molecule has 0 fully saturated rings. The van der Waals surface area contributed by atoms with Gasteiger partial charge in [0.2, 0.25) is 0 Å². The Morgan fingerprint density at radius 1 is 0.750 bits per heavy atom. The van der Waals surface area contributed by atoms with Crippen LogP contribution in [0, 0.1) is 0 Å². The molecule has 0 amide bonds. The standard InChI is InChI=1S/C20H20N2O.ClH/c1-2-6-18(7-3-1)16-23-20-11-9-17(10-12-20)14-21-15-19-8-4-5-13-22-19;/h1-13,21H,14-16H2;1H. The first-order chi connectivity index (χ1) is 11.4. The van der Waals surface area contributed by atoms with Gasteiger partial charge in [-0.25, -0.2) is 0 Å². The molecule has 3 nitrogen and oxygen atoms in total. The van der Waals surface area contributed by atoms with Gasteiger partial charge in [0.1, 0.15) is 12.4 Å². The van der Waals surface area contributed by atoms with Gasteiger partial charge in [0.05, 0.1) is 5.69 Å². The quantitative estimate of drug-likeness (QED) is 0.693. The molecule has 0 radical (unpaired) electrons. The van der Waals surface area contributed by atoms with Crippen molar-refractivity contribution >= 4 is 12.4 Å². The number of hydrogen-bond donors (Lipinski definition) is 1. The fourth-order valence-corrected chi connectivity index (χ4v) is 2.28. The van der Waals surface area contributed by atoms with Crippen LogP contribution in [0.4, 0.5) is 0 Å². The normalized spacial score (nSPS) is 10.0. The van der Waals surface area contributed by atoms with Gasteiger partial charge in [0.15, 0.2) is 0 Å². The Hall–Kier alpha value is -2.36. The molecule has 0 atom stereocenters. The van der Waals surface area contributed by atoms with Gasteiger partial charge in [0, 0.05) is 19.3 Å². The summed E-state index contributed by atoms with van der Waals surface area (Å²) in [6.45, 7) is 2.18. The molecule has 0 saturated carbocycles. The van der Waals surface area contributed by atoms with Gasteiger partial charge < -0.3 is 10.1 Å². The Kier molecular flexibility index (Phi) is 7.27. The number of aromatic nitrogens is 1. The molecule has 0 aliphatic heterocycles. The number of halogens is 1. The van der Waals surface area contributed by atoms with Crippen molar-refractivity contribution in [1.29, 1.82) is 0 Å². The van der Waals surface area contributed by atoms with E-state index in [4.69, 9.17) is 4.74 Å². The number of pyridine rings is 1. The van der Waals surface area contributed by atoms with Crippen LogP contribution in [0.25, 0.3) is 0 Å². The monoisotopic (exact) mass is 340 g/mol. The van der Waals surface area contributed by atoms with E-state index in [-0.39, 0.29) is 12.4 Å². The highest BCUT2D eigenvalue weighted by molar-refractivity contribution is 5.85. The van der Waals surface area contributed by atoms with Crippen LogP contribution in [-0.4, -0.2) is 4.98 Å². The molecule has 124 valence electrons. The molecule has 24 heavy (non-hydrogen) atoms. The van der Waals surface area contributed by atoms with Crippen molar-refractivity contribution in [3.05, 3.63) is 95.8 Å². The van der Waals surface area contributed by atoms with E-state index in [1.165, 1.54) is 11.1 Å². The van der Waals surface area contributed by atoms with Crippen LogP contribution in [0.1, 0.15) is 16.8 Å². The number of nitrogens with zero attached hydrogens (tertiary/aromatic N) is 1. The van der Waals surface area contributed by atoms with Gasteiger partial charge in [0.25, 0.3) is 0 Å². The highest BCUT2D eigenvalue weighted by Gasteiger charge is 1.98. The van der Waals surface area contributed by atoms with E-state index in [1.807, 2.05) is 54.7 Å². The zero-order chi connectivity index (χ0) is 15.7. The minimum absolute atomic E-state index is 0. The molecule has 1 heterocycles. The molecule has 1 aromatic heterocycles. The molecule has 0 saturated heterocycles. The van der Waals surface area contributed by atoms with E-state index in [0.29, 0.717) is 6.61 Å². The molecule has 0 unspecified atom stereocenters. The number of benzene rings is 2. The highest BCUT2D eigenvalue weighted by atomic mass is 35.5. The lowest BCUT2D eigenvalue weighted by molar-refractivity contribution is 0.306. The van der Waals surface area contributed by atoms with E-state index >= 15 is 0 Å². The van der Waals surface area contributed by atoms with E-state index in [9.17, 15) is 0 Å². The molecule has 3 aromatic rings. The van der Waals surface area contributed by atoms with Gasteiger partial charge in [-0.05, 0) is 35.4 Å². The SMILES string of the molecule is Cl.c1ccc(COc2ccc(CNCc3ccccn3)cc2)cc1. The molecule has 2 aromatic carbocycles. The summed E-state index contributed by atoms with van der Waals surface area (Å²) in [5, 5.41) is 3.39. The molecular formula is C20H21ClN2O. The zero-order valence-electron chi connectivity index (χ0n) is 13.4. The van der Waals surface area contributed by atoms with Gasteiger partial charge in [-0.15, -0.1) is 12.4 Å². The molecule has 0 aliphatic rings. The minimum atomic E-state index is 0. The van der Waals surface area contributed by atoms with E-state index < -0.39 is 0 Å². The number of rotatable bonds is 7. The minimum Gasteiger partial charge on any atom is -0.489 e. The zero-order valence-corrected chi connectivity index (χ0v) is 14.2. The molecule has 3 rings (SSSR count).